The van der Waals surface area contributed by atoms with E-state index in [1.54, 1.807) is 36.7 Å². The number of imidazole rings is 1. The molecule has 0 saturated heterocycles. The minimum Gasteiger partial charge on any atom is -0.347 e. The number of carbonyl (C=O) groups excluding carboxylic acids is 1. The van der Waals surface area contributed by atoms with Crippen molar-refractivity contribution >= 4 is 17.4 Å². The van der Waals surface area contributed by atoms with E-state index in [1.807, 2.05) is 6.07 Å². The van der Waals surface area contributed by atoms with E-state index in [0.717, 1.165) is 11.4 Å². The molecule has 2 aromatic heterocycles. The van der Waals surface area contributed by atoms with Gasteiger partial charge in [-0.05, 0) is 18.2 Å². The SMILES string of the molecule is N#Cc1cccc(NC(=O)N2Cc3[nH]cnc3C[C@H]2c2nc(-c3cccc([N+](=O)[O-])c3)no2)c1. The van der Waals surface area contributed by atoms with Crippen molar-refractivity contribution in [2.24, 2.45) is 0 Å². The molecular weight excluding hydrogens is 440 g/mol. The minimum atomic E-state index is -0.616. The van der Waals surface area contributed by atoms with Gasteiger partial charge in [-0.1, -0.05) is 23.4 Å². The zero-order chi connectivity index (χ0) is 23.7. The van der Waals surface area contributed by atoms with Gasteiger partial charge in [0.25, 0.3) is 5.69 Å². The highest BCUT2D eigenvalue weighted by molar-refractivity contribution is 5.90. The first-order chi connectivity index (χ1) is 16.5. The maximum atomic E-state index is 13.2. The molecule has 4 aromatic rings. The molecule has 1 atom stereocenters. The summed E-state index contributed by atoms with van der Waals surface area (Å²) in [4.78, 5) is 37.1. The number of aromatic amines is 1. The molecule has 0 aliphatic carbocycles. The third-order valence-corrected chi connectivity index (χ3v) is 5.44. The Kier molecular flexibility index (Phi) is 5.19. The molecule has 12 heteroatoms. The number of nitrogens with one attached hydrogen (secondary N) is 2. The fourth-order valence-electron chi connectivity index (χ4n) is 3.78. The topological polar surface area (TPSA) is 167 Å². The Bertz CT molecular complexity index is 1440. The highest BCUT2D eigenvalue weighted by atomic mass is 16.6. The monoisotopic (exact) mass is 456 g/mol. The number of non-ortho nitro benzene ring substituents is 1. The van der Waals surface area contributed by atoms with Crippen LogP contribution in [-0.4, -0.2) is 36.0 Å². The number of aromatic nitrogens is 4. The summed E-state index contributed by atoms with van der Waals surface area (Å²) < 4.78 is 5.48. The predicted octanol–water partition coefficient (Wildman–Crippen LogP) is 3.57. The number of nitro groups is 1. The van der Waals surface area contributed by atoms with E-state index in [1.165, 1.54) is 23.1 Å². The number of hydrogen-bond donors (Lipinski definition) is 2. The van der Waals surface area contributed by atoms with Gasteiger partial charge in [0.1, 0.15) is 6.04 Å². The molecule has 0 radical (unpaired) electrons. The number of nitro benzene ring substituents is 1. The van der Waals surface area contributed by atoms with Crippen LogP contribution in [0, 0.1) is 21.4 Å². The molecule has 5 rings (SSSR count). The van der Waals surface area contributed by atoms with Crippen LogP contribution in [0.25, 0.3) is 11.4 Å². The molecule has 3 heterocycles. The number of urea groups is 1. The molecule has 2 amide bonds. The first kappa shape index (κ1) is 20.8. The maximum absolute atomic E-state index is 13.2. The highest BCUT2D eigenvalue weighted by Crippen LogP contribution is 2.33. The van der Waals surface area contributed by atoms with Crippen molar-refractivity contribution in [2.45, 2.75) is 19.0 Å². The van der Waals surface area contributed by atoms with E-state index in [2.05, 4.69) is 25.4 Å². The average molecular weight is 456 g/mol. The van der Waals surface area contributed by atoms with E-state index >= 15 is 0 Å². The van der Waals surface area contributed by atoms with Gasteiger partial charge in [0.2, 0.25) is 11.7 Å². The van der Waals surface area contributed by atoms with Crippen LogP contribution in [0.5, 0.6) is 0 Å². The zero-order valence-electron chi connectivity index (χ0n) is 17.5. The number of H-pyrrole nitrogens is 1. The summed E-state index contributed by atoms with van der Waals surface area (Å²) in [5.41, 5.74) is 2.78. The van der Waals surface area contributed by atoms with Crippen molar-refractivity contribution in [3.8, 4) is 17.5 Å². The summed E-state index contributed by atoms with van der Waals surface area (Å²) in [6.07, 6.45) is 1.89. The van der Waals surface area contributed by atoms with Crippen LogP contribution in [0.15, 0.2) is 59.4 Å². The van der Waals surface area contributed by atoms with Crippen molar-refractivity contribution in [1.29, 1.82) is 5.26 Å². The zero-order valence-corrected chi connectivity index (χ0v) is 17.5. The lowest BCUT2D eigenvalue weighted by molar-refractivity contribution is -0.384. The molecule has 2 N–H and O–H groups in total. The van der Waals surface area contributed by atoms with Crippen molar-refractivity contribution in [3.63, 3.8) is 0 Å². The van der Waals surface area contributed by atoms with E-state index < -0.39 is 17.0 Å². The first-order valence-electron chi connectivity index (χ1n) is 10.2. The summed E-state index contributed by atoms with van der Waals surface area (Å²) >= 11 is 0. The van der Waals surface area contributed by atoms with Crippen molar-refractivity contribution < 1.29 is 14.2 Å². The van der Waals surface area contributed by atoms with Crippen molar-refractivity contribution in [1.82, 2.24) is 25.0 Å². The summed E-state index contributed by atoms with van der Waals surface area (Å²) in [5.74, 6) is 0.352. The van der Waals surface area contributed by atoms with E-state index in [4.69, 9.17) is 9.78 Å². The van der Waals surface area contributed by atoms with Gasteiger partial charge < -0.3 is 19.7 Å². The number of amides is 2. The number of rotatable bonds is 4. The number of fused-ring (bicyclic) bond motifs is 1. The molecule has 0 bridgehead atoms. The molecular formula is C22H16N8O4. The van der Waals surface area contributed by atoms with Gasteiger partial charge in [-0.15, -0.1) is 0 Å². The number of nitrogens with zero attached hydrogens (tertiary/aromatic N) is 6. The molecule has 2 aromatic carbocycles. The van der Waals surface area contributed by atoms with Gasteiger partial charge in [0.15, 0.2) is 0 Å². The molecule has 1 aliphatic heterocycles. The Morgan fingerprint density at radius 1 is 1.29 bits per heavy atom. The van der Waals surface area contributed by atoms with Gasteiger partial charge in [0, 0.05) is 29.8 Å². The van der Waals surface area contributed by atoms with Gasteiger partial charge in [0.05, 0.1) is 40.8 Å². The summed E-state index contributed by atoms with van der Waals surface area (Å²) in [7, 11) is 0. The Morgan fingerprint density at radius 2 is 2.15 bits per heavy atom. The lowest BCUT2D eigenvalue weighted by Gasteiger charge is -2.32. The van der Waals surface area contributed by atoms with Gasteiger partial charge >= 0.3 is 6.03 Å². The average Bonchev–Trinajstić information content (AvgIpc) is 3.53. The molecule has 0 unspecified atom stereocenters. The van der Waals surface area contributed by atoms with E-state index in [0.29, 0.717) is 23.2 Å². The lowest BCUT2D eigenvalue weighted by Crippen LogP contribution is -2.41. The van der Waals surface area contributed by atoms with Crippen LogP contribution in [0.2, 0.25) is 0 Å². The Balaban J connectivity index is 1.45. The Hall–Kier alpha value is -5.05. The third-order valence-electron chi connectivity index (χ3n) is 5.44. The van der Waals surface area contributed by atoms with Crippen LogP contribution in [0.3, 0.4) is 0 Å². The number of hydrogen-bond acceptors (Lipinski definition) is 8. The molecule has 1 aliphatic rings. The smallest absolute Gasteiger partial charge is 0.322 e. The standard InChI is InChI=1S/C22H16N8O4/c23-10-13-3-1-5-15(7-13)26-22(31)29-11-18-17(24-12-25-18)9-19(29)21-27-20(28-34-21)14-4-2-6-16(8-14)30(32)33/h1-8,12,19H,9,11H2,(H,24,25)(H,26,31)/t19-/m0/s1. The quantitative estimate of drug-likeness (QED) is 0.347. The number of nitriles is 1. The Morgan fingerprint density at radius 3 is 2.97 bits per heavy atom. The van der Waals surface area contributed by atoms with Gasteiger partial charge in [-0.2, -0.15) is 10.2 Å². The van der Waals surface area contributed by atoms with Crippen LogP contribution >= 0.6 is 0 Å². The number of anilines is 1. The van der Waals surface area contributed by atoms with E-state index in [-0.39, 0.29) is 23.9 Å². The van der Waals surface area contributed by atoms with E-state index in [9.17, 15) is 14.9 Å². The van der Waals surface area contributed by atoms with Crippen LogP contribution in [0.1, 0.15) is 28.9 Å². The van der Waals surface area contributed by atoms with Crippen LogP contribution < -0.4 is 5.32 Å². The maximum Gasteiger partial charge on any atom is 0.322 e. The van der Waals surface area contributed by atoms with Gasteiger partial charge in [-0.25, -0.2) is 9.78 Å². The van der Waals surface area contributed by atoms with Crippen molar-refractivity contribution in [2.75, 3.05) is 5.32 Å². The molecule has 0 saturated carbocycles. The molecule has 0 fully saturated rings. The predicted molar refractivity (Wildman–Crippen MR) is 117 cm³/mol. The normalized spacial score (nSPS) is 14.8. The third kappa shape index (κ3) is 3.93. The summed E-state index contributed by atoms with van der Waals surface area (Å²) in [6, 6.07) is 13.5. The largest absolute Gasteiger partial charge is 0.347 e. The fourth-order valence-corrected chi connectivity index (χ4v) is 3.78. The fraction of sp³-hybridized carbons (Fsp3) is 0.136. The second-order valence-electron chi connectivity index (χ2n) is 7.56. The van der Waals surface area contributed by atoms with Gasteiger partial charge in [-0.3, -0.25) is 10.1 Å². The number of carbonyl (C=O) groups is 1. The molecule has 12 nitrogen and oxygen atoms in total. The minimum absolute atomic E-state index is 0.0942. The Labute approximate surface area is 192 Å². The first-order valence-corrected chi connectivity index (χ1v) is 10.2. The second kappa shape index (κ2) is 8.47. The highest BCUT2D eigenvalue weighted by Gasteiger charge is 2.36. The molecule has 34 heavy (non-hydrogen) atoms. The number of benzene rings is 2. The van der Waals surface area contributed by atoms with Crippen LogP contribution in [-0.2, 0) is 13.0 Å². The molecule has 0 spiro atoms. The second-order valence-corrected chi connectivity index (χ2v) is 7.56. The summed E-state index contributed by atoms with van der Waals surface area (Å²) in [6.45, 7) is 0.221. The summed E-state index contributed by atoms with van der Waals surface area (Å²) in [5, 5.41) is 27.0. The van der Waals surface area contributed by atoms with Crippen molar-refractivity contribution in [3.05, 3.63) is 87.8 Å². The molecule has 168 valence electrons. The van der Waals surface area contributed by atoms with Crippen LogP contribution in [0.4, 0.5) is 16.2 Å². The lowest BCUT2D eigenvalue weighted by atomic mass is 10.0.